The second-order valence-corrected chi connectivity index (χ2v) is 3.43. The Balaban J connectivity index is 2.61. The van der Waals surface area contributed by atoms with E-state index < -0.39 is 6.10 Å². The summed E-state index contributed by atoms with van der Waals surface area (Å²) >= 11 is 0. The van der Waals surface area contributed by atoms with E-state index in [1.807, 2.05) is 25.1 Å². The highest BCUT2D eigenvalue weighted by Gasteiger charge is 2.05. The lowest BCUT2D eigenvalue weighted by Crippen LogP contribution is -2.30. The SMILES string of the molecule is Cc1cccc(C(=O)NC[C@H](C)O)c1. The second kappa shape index (κ2) is 4.77. The average molecular weight is 193 g/mol. The van der Waals surface area contributed by atoms with Crippen molar-refractivity contribution >= 4 is 5.91 Å². The molecule has 76 valence electrons. The van der Waals surface area contributed by atoms with E-state index in [0.717, 1.165) is 5.56 Å². The van der Waals surface area contributed by atoms with Crippen LogP contribution < -0.4 is 5.32 Å². The standard InChI is InChI=1S/C11H15NO2/c1-8-4-3-5-10(6-8)11(14)12-7-9(2)13/h3-6,9,13H,7H2,1-2H3,(H,12,14)/t9-/m0/s1. The summed E-state index contributed by atoms with van der Waals surface area (Å²) in [6, 6.07) is 7.35. The molecule has 1 aromatic carbocycles. The molecule has 1 atom stereocenters. The Morgan fingerprint density at radius 1 is 1.57 bits per heavy atom. The van der Waals surface area contributed by atoms with Crippen LogP contribution in [-0.2, 0) is 0 Å². The van der Waals surface area contributed by atoms with Crippen LogP contribution in [0.1, 0.15) is 22.8 Å². The van der Waals surface area contributed by atoms with E-state index in [2.05, 4.69) is 5.32 Å². The van der Waals surface area contributed by atoms with Crippen molar-refractivity contribution in [2.75, 3.05) is 6.54 Å². The van der Waals surface area contributed by atoms with E-state index in [0.29, 0.717) is 5.56 Å². The maximum Gasteiger partial charge on any atom is 0.251 e. The van der Waals surface area contributed by atoms with Gasteiger partial charge < -0.3 is 10.4 Å². The Kier molecular flexibility index (Phi) is 3.65. The number of benzene rings is 1. The Labute approximate surface area is 83.8 Å². The summed E-state index contributed by atoms with van der Waals surface area (Å²) in [6.45, 7) is 3.86. The predicted octanol–water partition coefficient (Wildman–Crippen LogP) is 1.11. The van der Waals surface area contributed by atoms with Crippen LogP contribution in [-0.4, -0.2) is 23.7 Å². The molecule has 0 unspecified atom stereocenters. The molecule has 3 heteroatoms. The Morgan fingerprint density at radius 3 is 2.86 bits per heavy atom. The van der Waals surface area contributed by atoms with Crippen LogP contribution in [0.15, 0.2) is 24.3 Å². The molecule has 0 aromatic heterocycles. The molecule has 3 nitrogen and oxygen atoms in total. The first kappa shape index (κ1) is 10.7. The van der Waals surface area contributed by atoms with Crippen LogP contribution >= 0.6 is 0 Å². The zero-order chi connectivity index (χ0) is 10.6. The van der Waals surface area contributed by atoms with Gasteiger partial charge >= 0.3 is 0 Å². The zero-order valence-corrected chi connectivity index (χ0v) is 8.45. The summed E-state index contributed by atoms with van der Waals surface area (Å²) in [5.74, 6) is -0.144. The molecule has 0 spiro atoms. The van der Waals surface area contributed by atoms with Crippen molar-refractivity contribution in [2.45, 2.75) is 20.0 Å². The van der Waals surface area contributed by atoms with Crippen molar-refractivity contribution in [1.29, 1.82) is 0 Å². The summed E-state index contributed by atoms with van der Waals surface area (Å²) < 4.78 is 0. The van der Waals surface area contributed by atoms with Gasteiger partial charge in [0.05, 0.1) is 6.10 Å². The van der Waals surface area contributed by atoms with Crippen LogP contribution in [0.3, 0.4) is 0 Å². The predicted molar refractivity (Wildman–Crippen MR) is 55.2 cm³/mol. The Bertz CT molecular complexity index is 321. The van der Waals surface area contributed by atoms with Gasteiger partial charge in [0, 0.05) is 12.1 Å². The Hall–Kier alpha value is -1.35. The maximum absolute atomic E-state index is 11.5. The Morgan fingerprint density at radius 2 is 2.29 bits per heavy atom. The average Bonchev–Trinajstić information content (AvgIpc) is 2.14. The molecule has 1 aromatic rings. The molecular weight excluding hydrogens is 178 g/mol. The molecule has 14 heavy (non-hydrogen) atoms. The third kappa shape index (κ3) is 3.18. The third-order valence-electron chi connectivity index (χ3n) is 1.84. The molecule has 0 aliphatic carbocycles. The van der Waals surface area contributed by atoms with Crippen molar-refractivity contribution in [1.82, 2.24) is 5.32 Å². The molecule has 1 rings (SSSR count). The number of aliphatic hydroxyl groups excluding tert-OH is 1. The minimum Gasteiger partial charge on any atom is -0.392 e. The monoisotopic (exact) mass is 193 g/mol. The van der Waals surface area contributed by atoms with Gasteiger partial charge in [-0.05, 0) is 26.0 Å². The number of carbonyl (C=O) groups excluding carboxylic acids is 1. The quantitative estimate of drug-likeness (QED) is 0.755. The number of hydrogen-bond donors (Lipinski definition) is 2. The van der Waals surface area contributed by atoms with Gasteiger partial charge in [-0.15, -0.1) is 0 Å². The lowest BCUT2D eigenvalue weighted by molar-refractivity contribution is 0.0924. The van der Waals surface area contributed by atoms with E-state index in [4.69, 9.17) is 5.11 Å². The van der Waals surface area contributed by atoms with Gasteiger partial charge in [0.15, 0.2) is 0 Å². The van der Waals surface area contributed by atoms with Gasteiger partial charge in [-0.3, -0.25) is 4.79 Å². The number of amides is 1. The zero-order valence-electron chi connectivity index (χ0n) is 8.45. The molecule has 1 amide bonds. The van der Waals surface area contributed by atoms with Gasteiger partial charge in [0.2, 0.25) is 0 Å². The number of nitrogens with one attached hydrogen (secondary N) is 1. The first-order valence-corrected chi connectivity index (χ1v) is 4.62. The molecule has 0 saturated carbocycles. The molecule has 0 aliphatic heterocycles. The highest BCUT2D eigenvalue weighted by atomic mass is 16.3. The third-order valence-corrected chi connectivity index (χ3v) is 1.84. The van der Waals surface area contributed by atoms with Gasteiger partial charge in [-0.2, -0.15) is 0 Å². The normalized spacial score (nSPS) is 12.2. The summed E-state index contributed by atoms with van der Waals surface area (Å²) in [7, 11) is 0. The van der Waals surface area contributed by atoms with Crippen LogP contribution in [0.5, 0.6) is 0 Å². The van der Waals surface area contributed by atoms with E-state index >= 15 is 0 Å². The lowest BCUT2D eigenvalue weighted by atomic mass is 10.1. The van der Waals surface area contributed by atoms with Crippen molar-refractivity contribution in [3.05, 3.63) is 35.4 Å². The van der Waals surface area contributed by atoms with Gasteiger partial charge in [0.1, 0.15) is 0 Å². The number of carbonyl (C=O) groups is 1. The van der Waals surface area contributed by atoms with Crippen LogP contribution in [0.25, 0.3) is 0 Å². The molecule has 0 fully saturated rings. The molecule has 0 radical (unpaired) electrons. The molecule has 0 saturated heterocycles. The van der Waals surface area contributed by atoms with Gasteiger partial charge in [0.25, 0.3) is 5.91 Å². The maximum atomic E-state index is 11.5. The van der Waals surface area contributed by atoms with Crippen LogP contribution in [0.2, 0.25) is 0 Å². The summed E-state index contributed by atoms with van der Waals surface area (Å²) in [6.07, 6.45) is -0.510. The highest BCUT2D eigenvalue weighted by molar-refractivity contribution is 5.94. The lowest BCUT2D eigenvalue weighted by Gasteiger charge is -2.07. The topological polar surface area (TPSA) is 49.3 Å². The fourth-order valence-electron chi connectivity index (χ4n) is 1.13. The van der Waals surface area contributed by atoms with Gasteiger partial charge in [-0.1, -0.05) is 17.7 Å². The van der Waals surface area contributed by atoms with Crippen molar-refractivity contribution in [2.24, 2.45) is 0 Å². The van der Waals surface area contributed by atoms with E-state index in [-0.39, 0.29) is 12.5 Å². The van der Waals surface area contributed by atoms with Crippen molar-refractivity contribution in [3.8, 4) is 0 Å². The largest absolute Gasteiger partial charge is 0.392 e. The van der Waals surface area contributed by atoms with Gasteiger partial charge in [-0.25, -0.2) is 0 Å². The minimum atomic E-state index is -0.510. The number of rotatable bonds is 3. The van der Waals surface area contributed by atoms with E-state index in [1.54, 1.807) is 13.0 Å². The fourth-order valence-corrected chi connectivity index (χ4v) is 1.13. The number of hydrogen-bond acceptors (Lipinski definition) is 2. The fraction of sp³-hybridized carbons (Fsp3) is 0.364. The molecular formula is C11H15NO2. The summed E-state index contributed by atoms with van der Waals surface area (Å²) in [5.41, 5.74) is 1.68. The molecule has 2 N–H and O–H groups in total. The number of aliphatic hydroxyl groups is 1. The number of aryl methyl sites for hydroxylation is 1. The van der Waals surface area contributed by atoms with Crippen LogP contribution in [0, 0.1) is 6.92 Å². The van der Waals surface area contributed by atoms with Crippen molar-refractivity contribution in [3.63, 3.8) is 0 Å². The first-order valence-electron chi connectivity index (χ1n) is 4.62. The summed E-state index contributed by atoms with van der Waals surface area (Å²) in [4.78, 5) is 11.5. The van der Waals surface area contributed by atoms with E-state index in [1.165, 1.54) is 0 Å². The molecule has 0 bridgehead atoms. The minimum absolute atomic E-state index is 0.144. The first-order chi connectivity index (χ1) is 6.59. The smallest absolute Gasteiger partial charge is 0.251 e. The van der Waals surface area contributed by atoms with Crippen molar-refractivity contribution < 1.29 is 9.90 Å². The second-order valence-electron chi connectivity index (χ2n) is 3.43. The van der Waals surface area contributed by atoms with Crippen LogP contribution in [0.4, 0.5) is 0 Å². The molecule has 0 aliphatic rings. The molecule has 0 heterocycles. The summed E-state index contributed by atoms with van der Waals surface area (Å²) in [5, 5.41) is 11.6. The highest BCUT2D eigenvalue weighted by Crippen LogP contribution is 2.03. The van der Waals surface area contributed by atoms with E-state index in [9.17, 15) is 4.79 Å².